The van der Waals surface area contributed by atoms with Crippen LogP contribution in [0, 0.1) is 0 Å². The zero-order valence-electron chi connectivity index (χ0n) is 8.71. The van der Waals surface area contributed by atoms with Crippen molar-refractivity contribution >= 4 is 17.1 Å². The van der Waals surface area contributed by atoms with Crippen molar-refractivity contribution in [2.24, 2.45) is 0 Å². The molecule has 0 aliphatic carbocycles. The van der Waals surface area contributed by atoms with E-state index in [2.05, 4.69) is 19.9 Å². The molecular weight excluding hydrogens is 220 g/mol. The minimum Gasteiger partial charge on any atom is -0.369 e. The standard InChI is InChI=1S/C10H8N6O/c11-9-13-7-6(8(17)15-9)12-10(14-7)16-4-2-1-3-5-16/h1-5H,(H3-,11,12,13,14,15,17)/p+1. The van der Waals surface area contributed by atoms with Crippen molar-refractivity contribution in [2.45, 2.75) is 0 Å². The maximum Gasteiger partial charge on any atom is 0.403 e. The average molecular weight is 229 g/mol. The lowest BCUT2D eigenvalue weighted by Gasteiger charge is -1.89. The van der Waals surface area contributed by atoms with Gasteiger partial charge in [-0.3, -0.25) is 9.78 Å². The number of nitrogens with zero attached hydrogens (tertiary/aromatic N) is 3. The number of anilines is 1. The van der Waals surface area contributed by atoms with E-state index < -0.39 is 0 Å². The van der Waals surface area contributed by atoms with Crippen LogP contribution in [0.3, 0.4) is 0 Å². The highest BCUT2D eigenvalue weighted by atomic mass is 16.1. The molecular formula is C10H9N6O+. The monoisotopic (exact) mass is 229 g/mol. The summed E-state index contributed by atoms with van der Waals surface area (Å²) in [4.78, 5) is 25.0. The van der Waals surface area contributed by atoms with Gasteiger partial charge in [-0.2, -0.15) is 4.98 Å². The third kappa shape index (κ3) is 1.53. The lowest BCUT2D eigenvalue weighted by atomic mass is 10.5. The summed E-state index contributed by atoms with van der Waals surface area (Å²) in [5, 5.41) is 0. The number of aromatic nitrogens is 5. The topological polar surface area (TPSA) is 104 Å². The van der Waals surface area contributed by atoms with Gasteiger partial charge in [0, 0.05) is 0 Å². The first-order chi connectivity index (χ1) is 8.24. The number of nitrogens with one attached hydrogen (secondary N) is 2. The summed E-state index contributed by atoms with van der Waals surface area (Å²) >= 11 is 0. The molecule has 17 heavy (non-hydrogen) atoms. The van der Waals surface area contributed by atoms with Crippen LogP contribution < -0.4 is 15.9 Å². The van der Waals surface area contributed by atoms with E-state index in [1.54, 1.807) is 4.57 Å². The molecule has 84 valence electrons. The van der Waals surface area contributed by atoms with Crippen molar-refractivity contribution in [3.05, 3.63) is 40.9 Å². The van der Waals surface area contributed by atoms with Gasteiger partial charge in [0.15, 0.2) is 0 Å². The van der Waals surface area contributed by atoms with Gasteiger partial charge < -0.3 is 5.73 Å². The molecule has 0 saturated carbocycles. The van der Waals surface area contributed by atoms with Gasteiger partial charge in [-0.15, -0.1) is 0 Å². The molecule has 0 atom stereocenters. The summed E-state index contributed by atoms with van der Waals surface area (Å²) in [5.41, 5.74) is 5.73. The van der Waals surface area contributed by atoms with Crippen LogP contribution in [-0.2, 0) is 0 Å². The number of imidazole rings is 1. The smallest absolute Gasteiger partial charge is 0.369 e. The van der Waals surface area contributed by atoms with Crippen molar-refractivity contribution in [3.8, 4) is 5.95 Å². The van der Waals surface area contributed by atoms with Gasteiger partial charge in [-0.1, -0.05) is 6.07 Å². The van der Waals surface area contributed by atoms with E-state index in [9.17, 15) is 4.79 Å². The number of hydrogen-bond donors (Lipinski definition) is 3. The summed E-state index contributed by atoms with van der Waals surface area (Å²) < 4.78 is 1.75. The molecule has 7 heteroatoms. The molecule has 3 aromatic heterocycles. The van der Waals surface area contributed by atoms with Crippen molar-refractivity contribution in [1.82, 2.24) is 19.9 Å². The Balaban J connectivity index is 2.28. The molecule has 0 saturated heterocycles. The maximum atomic E-state index is 11.6. The van der Waals surface area contributed by atoms with Crippen LogP contribution in [0.5, 0.6) is 0 Å². The van der Waals surface area contributed by atoms with Gasteiger partial charge in [-0.25, -0.2) is 9.55 Å². The molecule has 0 radical (unpaired) electrons. The van der Waals surface area contributed by atoms with Crippen molar-refractivity contribution in [2.75, 3.05) is 5.73 Å². The zero-order chi connectivity index (χ0) is 11.8. The summed E-state index contributed by atoms with van der Waals surface area (Å²) in [6, 6.07) is 5.61. The van der Waals surface area contributed by atoms with Crippen molar-refractivity contribution < 1.29 is 4.57 Å². The molecule has 0 amide bonds. The number of nitrogen functional groups attached to an aromatic ring is 1. The number of rotatable bonds is 1. The number of pyridine rings is 1. The van der Waals surface area contributed by atoms with E-state index in [-0.39, 0.29) is 11.5 Å². The van der Waals surface area contributed by atoms with E-state index in [0.29, 0.717) is 17.1 Å². The molecule has 3 aromatic rings. The molecule has 0 bridgehead atoms. The minimum atomic E-state index is -0.331. The predicted octanol–water partition coefficient (Wildman–Crippen LogP) is -0.495. The Bertz CT molecular complexity index is 729. The third-order valence-electron chi connectivity index (χ3n) is 2.33. The second-order valence-electron chi connectivity index (χ2n) is 3.49. The second kappa shape index (κ2) is 3.41. The van der Waals surface area contributed by atoms with Gasteiger partial charge in [0.2, 0.25) is 11.5 Å². The fraction of sp³-hybridized carbons (Fsp3) is 0. The van der Waals surface area contributed by atoms with Crippen LogP contribution in [0.15, 0.2) is 35.4 Å². The molecule has 0 aromatic carbocycles. The molecule has 7 nitrogen and oxygen atoms in total. The van der Waals surface area contributed by atoms with Gasteiger partial charge in [0.05, 0.1) is 12.4 Å². The fourth-order valence-electron chi connectivity index (χ4n) is 1.57. The molecule has 0 fully saturated rings. The van der Waals surface area contributed by atoms with Crippen molar-refractivity contribution in [1.29, 1.82) is 0 Å². The Morgan fingerprint density at radius 2 is 1.88 bits per heavy atom. The van der Waals surface area contributed by atoms with Gasteiger partial charge in [0.25, 0.3) is 11.2 Å². The Kier molecular flexibility index (Phi) is 1.91. The normalized spacial score (nSPS) is 10.8. The second-order valence-corrected chi connectivity index (χ2v) is 3.49. The molecule has 0 aliphatic rings. The van der Waals surface area contributed by atoms with Crippen LogP contribution in [0.4, 0.5) is 5.95 Å². The number of fused-ring (bicyclic) bond motifs is 1. The SMILES string of the molecule is Nc1nc2nc(-[n+]3ccccc3)[nH]c2c(=O)[nH]1. The number of H-pyrrole nitrogens is 2. The van der Waals surface area contributed by atoms with Gasteiger partial charge in [0.1, 0.15) is 0 Å². The average Bonchev–Trinajstić information content (AvgIpc) is 2.74. The Morgan fingerprint density at radius 3 is 2.65 bits per heavy atom. The molecule has 3 heterocycles. The number of aromatic amines is 2. The summed E-state index contributed by atoms with van der Waals surface area (Å²) in [6.07, 6.45) is 3.63. The number of hydrogen-bond acceptors (Lipinski definition) is 4. The lowest BCUT2D eigenvalue weighted by molar-refractivity contribution is -0.603. The molecule has 3 rings (SSSR count). The lowest BCUT2D eigenvalue weighted by Crippen LogP contribution is -2.30. The highest BCUT2D eigenvalue weighted by Gasteiger charge is 2.17. The molecule has 0 unspecified atom stereocenters. The largest absolute Gasteiger partial charge is 0.403 e. The van der Waals surface area contributed by atoms with Crippen molar-refractivity contribution in [3.63, 3.8) is 0 Å². The van der Waals surface area contributed by atoms with Crippen LogP contribution in [0.25, 0.3) is 17.1 Å². The zero-order valence-corrected chi connectivity index (χ0v) is 8.71. The first-order valence-electron chi connectivity index (χ1n) is 4.96. The van der Waals surface area contributed by atoms with Gasteiger partial charge >= 0.3 is 5.95 Å². The minimum absolute atomic E-state index is 0.0543. The highest BCUT2D eigenvalue weighted by molar-refractivity contribution is 5.70. The van der Waals surface area contributed by atoms with Gasteiger partial charge in [-0.05, 0) is 17.1 Å². The fourth-order valence-corrected chi connectivity index (χ4v) is 1.57. The Morgan fingerprint density at radius 1 is 1.12 bits per heavy atom. The van der Waals surface area contributed by atoms with Crippen LogP contribution in [0.1, 0.15) is 0 Å². The van der Waals surface area contributed by atoms with Crippen LogP contribution in [-0.4, -0.2) is 19.9 Å². The Labute approximate surface area is 95.0 Å². The quantitative estimate of drug-likeness (QED) is 0.489. The van der Waals surface area contributed by atoms with E-state index in [1.165, 1.54) is 0 Å². The molecule has 0 spiro atoms. The molecule has 4 N–H and O–H groups in total. The number of nitrogens with two attached hydrogens (primary N) is 1. The summed E-state index contributed by atoms with van der Waals surface area (Å²) in [6.45, 7) is 0. The van der Waals surface area contributed by atoms with Crippen LogP contribution >= 0.6 is 0 Å². The first kappa shape index (κ1) is 9.52. The maximum absolute atomic E-state index is 11.6. The third-order valence-corrected chi connectivity index (χ3v) is 2.33. The predicted molar refractivity (Wildman–Crippen MR) is 60.5 cm³/mol. The van der Waals surface area contributed by atoms with E-state index in [0.717, 1.165) is 0 Å². The van der Waals surface area contributed by atoms with Crippen LogP contribution in [0.2, 0.25) is 0 Å². The summed E-state index contributed by atoms with van der Waals surface area (Å²) in [7, 11) is 0. The summed E-state index contributed by atoms with van der Waals surface area (Å²) in [5.74, 6) is 0.572. The molecule has 0 aliphatic heterocycles. The first-order valence-corrected chi connectivity index (χ1v) is 4.96. The Hall–Kier alpha value is -2.70. The highest BCUT2D eigenvalue weighted by Crippen LogP contribution is 2.04. The van der Waals surface area contributed by atoms with E-state index in [1.807, 2.05) is 30.6 Å². The van der Waals surface area contributed by atoms with E-state index >= 15 is 0 Å². The van der Waals surface area contributed by atoms with E-state index in [4.69, 9.17) is 5.73 Å².